The number of Topliss-reactive ketones (excluding diaryl/α,β-unsaturated/α-hetero) is 2. The lowest BCUT2D eigenvalue weighted by Gasteiger charge is -2.59. The van der Waals surface area contributed by atoms with Gasteiger partial charge in [0.2, 0.25) is 11.8 Å². The van der Waals surface area contributed by atoms with E-state index in [2.05, 4.69) is 10.6 Å². The van der Waals surface area contributed by atoms with Gasteiger partial charge < -0.3 is 55.9 Å². The van der Waals surface area contributed by atoms with Crippen LogP contribution < -0.4 is 10.6 Å². The molecule has 4 fully saturated rings. The van der Waals surface area contributed by atoms with E-state index < -0.39 is 132 Å². The van der Waals surface area contributed by atoms with Gasteiger partial charge in [-0.1, -0.05) is 6.42 Å². The molecule has 13 atom stereocenters. The maximum absolute atomic E-state index is 14.3. The number of carboxylic acids is 1. The number of aliphatic hydroxyl groups excluding tert-OH is 5. The van der Waals surface area contributed by atoms with Crippen LogP contribution in [0.5, 0.6) is 0 Å². The Kier molecular flexibility index (Phi) is 10.4. The number of hydrogen-bond acceptors (Lipinski definition) is 14. The zero-order valence-corrected chi connectivity index (χ0v) is 25.0. The Morgan fingerprint density at radius 1 is 1.07 bits per heavy atom. The van der Waals surface area contributed by atoms with Gasteiger partial charge in [-0.3, -0.25) is 24.0 Å². The van der Waals surface area contributed by atoms with Crippen LogP contribution in [0.3, 0.4) is 0 Å². The van der Waals surface area contributed by atoms with Crippen molar-refractivity contribution < 1.29 is 69.2 Å². The highest BCUT2D eigenvalue weighted by Gasteiger charge is 2.73. The molecule has 0 aromatic carbocycles. The van der Waals surface area contributed by atoms with E-state index in [0.29, 0.717) is 18.2 Å². The van der Waals surface area contributed by atoms with E-state index in [1.165, 1.54) is 6.92 Å². The molecule has 44 heavy (non-hydrogen) atoms. The van der Waals surface area contributed by atoms with Crippen LogP contribution in [0.1, 0.15) is 46.0 Å². The van der Waals surface area contributed by atoms with Gasteiger partial charge in [-0.15, -0.1) is 11.8 Å². The molecule has 0 spiro atoms. The second-order valence-electron chi connectivity index (χ2n) is 12.0. The second-order valence-corrected chi connectivity index (χ2v) is 13.3. The smallest absolute Gasteiger partial charge is 0.305 e. The molecule has 0 bridgehead atoms. The van der Waals surface area contributed by atoms with Gasteiger partial charge in [-0.2, -0.15) is 0 Å². The summed E-state index contributed by atoms with van der Waals surface area (Å²) >= 11 is 0.688. The van der Waals surface area contributed by atoms with E-state index in [-0.39, 0.29) is 12.8 Å². The molecule has 2 saturated carbocycles. The molecule has 0 radical (unpaired) electrons. The highest BCUT2D eigenvalue weighted by molar-refractivity contribution is 8.01. The summed E-state index contributed by atoms with van der Waals surface area (Å²) in [7, 11) is 0. The summed E-state index contributed by atoms with van der Waals surface area (Å²) in [6, 6.07) is -3.08. The van der Waals surface area contributed by atoms with E-state index in [4.69, 9.17) is 9.47 Å². The molecule has 0 aromatic rings. The Morgan fingerprint density at radius 2 is 1.75 bits per heavy atom. The summed E-state index contributed by atoms with van der Waals surface area (Å²) in [6.07, 6.45) is -10.4. The minimum absolute atomic E-state index is 0.244. The van der Waals surface area contributed by atoms with Crippen LogP contribution in [0.15, 0.2) is 0 Å². The highest BCUT2D eigenvalue weighted by Crippen LogP contribution is 2.57. The molecule has 4 rings (SSSR count). The van der Waals surface area contributed by atoms with E-state index in [0.717, 1.165) is 6.92 Å². The molecule has 2 heterocycles. The third-order valence-electron chi connectivity index (χ3n) is 9.19. The number of hydrogen-bond donors (Lipinski definition) is 9. The fraction of sp³-hybridized carbons (Fsp3) is 0.815. The van der Waals surface area contributed by atoms with Gasteiger partial charge in [0.1, 0.15) is 35.1 Å². The van der Waals surface area contributed by atoms with Crippen LogP contribution >= 0.6 is 11.8 Å². The van der Waals surface area contributed by atoms with Gasteiger partial charge in [0.25, 0.3) is 0 Å². The number of nitrogens with one attached hydrogen (secondary N) is 2. The van der Waals surface area contributed by atoms with Gasteiger partial charge in [0.05, 0.1) is 37.3 Å². The van der Waals surface area contributed by atoms with Crippen molar-refractivity contribution in [1.29, 1.82) is 0 Å². The van der Waals surface area contributed by atoms with Crippen LogP contribution in [-0.2, 0) is 33.4 Å². The molecule has 248 valence electrons. The summed E-state index contributed by atoms with van der Waals surface area (Å²) in [4.78, 5) is 65.4. The first-order chi connectivity index (χ1) is 20.6. The molecule has 0 aromatic heterocycles. The zero-order chi connectivity index (χ0) is 32.7. The topological polar surface area (TPSA) is 269 Å². The van der Waals surface area contributed by atoms with Crippen LogP contribution in [0.4, 0.5) is 0 Å². The number of thioether (sulfide) groups is 1. The van der Waals surface area contributed by atoms with Gasteiger partial charge in [0, 0.05) is 18.6 Å². The summed E-state index contributed by atoms with van der Waals surface area (Å²) in [5, 5.41) is 77.2. The van der Waals surface area contributed by atoms with Crippen molar-refractivity contribution in [2.75, 3.05) is 12.4 Å². The highest BCUT2D eigenvalue weighted by atomic mass is 32.2. The largest absolute Gasteiger partial charge is 0.481 e. The van der Waals surface area contributed by atoms with Crippen molar-refractivity contribution in [3.63, 3.8) is 0 Å². The Labute approximate surface area is 256 Å². The molecular formula is C27H40N2O14S. The number of carbonyl (C=O) groups excluding carboxylic acids is 4. The van der Waals surface area contributed by atoms with Crippen molar-refractivity contribution in [3.8, 4) is 0 Å². The predicted molar refractivity (Wildman–Crippen MR) is 148 cm³/mol. The molecule has 13 unspecified atom stereocenters. The SMILES string of the molecule is CC(=O)NC(CSC12CC(CC(=O)O)OC(C)C1(O)C(=O)C1C(O)CCCC1C2=O)C(=O)NC1C(O)OC(CO)C(O)C1O. The van der Waals surface area contributed by atoms with Crippen molar-refractivity contribution in [2.45, 2.75) is 111 Å². The second kappa shape index (κ2) is 13.3. The summed E-state index contributed by atoms with van der Waals surface area (Å²) < 4.78 is 8.78. The average molecular weight is 649 g/mol. The number of ether oxygens (including phenoxy) is 2. The van der Waals surface area contributed by atoms with Gasteiger partial charge >= 0.3 is 5.97 Å². The Hall–Kier alpha value is -2.22. The maximum Gasteiger partial charge on any atom is 0.305 e. The van der Waals surface area contributed by atoms with Gasteiger partial charge in [-0.05, 0) is 26.2 Å². The van der Waals surface area contributed by atoms with Gasteiger partial charge in [-0.25, -0.2) is 0 Å². The van der Waals surface area contributed by atoms with Crippen molar-refractivity contribution >= 4 is 41.1 Å². The van der Waals surface area contributed by atoms with E-state index in [1.54, 1.807) is 0 Å². The number of carboxylic acid groups (broad SMARTS) is 1. The molecule has 2 aliphatic heterocycles. The molecule has 9 N–H and O–H groups in total. The molecule has 16 nitrogen and oxygen atoms in total. The Morgan fingerprint density at radius 3 is 2.36 bits per heavy atom. The van der Waals surface area contributed by atoms with E-state index in [9.17, 15) is 59.7 Å². The number of aliphatic hydroxyl groups is 6. The minimum atomic E-state index is -2.52. The van der Waals surface area contributed by atoms with Crippen molar-refractivity contribution in [3.05, 3.63) is 0 Å². The van der Waals surface area contributed by atoms with Crippen molar-refractivity contribution in [1.82, 2.24) is 10.6 Å². The molecule has 2 saturated heterocycles. The first kappa shape index (κ1) is 34.6. The molecular weight excluding hydrogens is 608 g/mol. The number of aliphatic carboxylic acids is 1. The first-order valence-corrected chi connectivity index (χ1v) is 15.5. The van der Waals surface area contributed by atoms with Crippen LogP contribution in [-0.4, -0.2) is 143 Å². The summed E-state index contributed by atoms with van der Waals surface area (Å²) in [5.74, 6) is -6.96. The number of fused-ring (bicyclic) bond motifs is 2. The average Bonchev–Trinajstić information content (AvgIpc) is 2.95. The number of rotatable bonds is 9. The first-order valence-electron chi connectivity index (χ1n) is 14.5. The van der Waals surface area contributed by atoms with E-state index in [1.807, 2.05) is 0 Å². The van der Waals surface area contributed by atoms with Gasteiger partial charge in [0.15, 0.2) is 23.5 Å². The lowest BCUT2D eigenvalue weighted by molar-refractivity contribution is -0.253. The summed E-state index contributed by atoms with van der Waals surface area (Å²) in [6.45, 7) is 1.70. The maximum atomic E-state index is 14.3. The van der Waals surface area contributed by atoms with Crippen LogP contribution in [0, 0.1) is 11.8 Å². The number of carbonyl (C=O) groups is 5. The number of amides is 2. The lowest BCUT2D eigenvalue weighted by atomic mass is 9.55. The van der Waals surface area contributed by atoms with E-state index >= 15 is 0 Å². The van der Waals surface area contributed by atoms with Crippen molar-refractivity contribution in [2.24, 2.45) is 11.8 Å². The lowest BCUT2D eigenvalue weighted by Crippen LogP contribution is -2.78. The fourth-order valence-corrected chi connectivity index (χ4v) is 8.80. The molecule has 17 heteroatoms. The zero-order valence-electron chi connectivity index (χ0n) is 24.2. The van der Waals surface area contributed by atoms with Crippen LogP contribution in [0.25, 0.3) is 0 Å². The monoisotopic (exact) mass is 648 g/mol. The molecule has 4 aliphatic rings. The standard InChI is InChI=1S/C27H40N2O14S/c1-10-27(41)23(38)18-13(4-3-5-15(18)32)22(37)26(27,7-12(42-10)6-17(33)34)44-9-14(28-11(2)31)24(39)29-19-21(36)20(35)16(8-30)43-25(19)40/h10,12-16,18-21,25,30,32,35-36,40-41H,3-9H2,1-2H3,(H,28,31)(H,29,39)(H,33,34). The third-order valence-corrected chi connectivity index (χ3v) is 10.9. The normalized spacial score (nSPS) is 42.9. The number of ketones is 2. The third kappa shape index (κ3) is 6.01. The Bertz CT molecular complexity index is 1160. The molecule has 2 amide bonds. The minimum Gasteiger partial charge on any atom is -0.481 e. The molecule has 2 aliphatic carbocycles. The quantitative estimate of drug-likeness (QED) is 0.116. The Balaban J connectivity index is 1.66. The fourth-order valence-electron chi connectivity index (χ4n) is 7.03. The van der Waals surface area contributed by atoms with Crippen LogP contribution in [0.2, 0.25) is 0 Å². The summed E-state index contributed by atoms with van der Waals surface area (Å²) in [5.41, 5.74) is -2.52. The predicted octanol–water partition coefficient (Wildman–Crippen LogP) is -3.81.